The van der Waals surface area contributed by atoms with Gasteiger partial charge in [0.05, 0.1) is 6.10 Å². The molecule has 1 heterocycles. The molecule has 2 unspecified atom stereocenters. The number of hydrogen-bond donors (Lipinski definition) is 2. The lowest BCUT2D eigenvalue weighted by Gasteiger charge is -2.30. The van der Waals surface area contributed by atoms with E-state index in [1.165, 1.54) is 11.1 Å². The highest BCUT2D eigenvalue weighted by Gasteiger charge is 2.41. The predicted molar refractivity (Wildman–Crippen MR) is 110 cm³/mol. The summed E-state index contributed by atoms with van der Waals surface area (Å²) < 4.78 is 8.31. The van der Waals surface area contributed by atoms with E-state index in [1.54, 1.807) is 13.1 Å². The highest BCUT2D eigenvalue weighted by molar-refractivity contribution is 5.75. The van der Waals surface area contributed by atoms with Crippen molar-refractivity contribution in [2.24, 2.45) is 5.73 Å². The molecule has 1 fully saturated rings. The number of benzene rings is 1. The molecule has 0 radical (unpaired) electrons. The summed E-state index contributed by atoms with van der Waals surface area (Å²) in [6.07, 6.45) is 15.5. The molecule has 0 bridgehead atoms. The van der Waals surface area contributed by atoms with E-state index in [0.717, 1.165) is 12.8 Å². The van der Waals surface area contributed by atoms with Gasteiger partial charge in [0.1, 0.15) is 17.5 Å². The first-order chi connectivity index (χ1) is 13.6. The van der Waals surface area contributed by atoms with E-state index in [2.05, 4.69) is 59.6 Å². The minimum Gasteiger partial charge on any atom is -0.385 e. The molecule has 28 heavy (non-hydrogen) atoms. The summed E-state index contributed by atoms with van der Waals surface area (Å²) in [5.74, 6) is 0.661. The van der Waals surface area contributed by atoms with Gasteiger partial charge in [-0.3, -0.25) is 0 Å². The molecule has 0 saturated heterocycles. The van der Waals surface area contributed by atoms with Crippen molar-refractivity contribution >= 4 is 5.57 Å². The van der Waals surface area contributed by atoms with Gasteiger partial charge in [0, 0.05) is 31.4 Å². The molecule has 1 saturated carbocycles. The first-order valence-electron chi connectivity index (χ1n) is 9.81. The summed E-state index contributed by atoms with van der Waals surface area (Å²) in [6.45, 7) is 2.35. The van der Waals surface area contributed by atoms with Crippen LogP contribution in [-0.4, -0.2) is 32.4 Å². The van der Waals surface area contributed by atoms with Gasteiger partial charge in [0.15, 0.2) is 0 Å². The minimum absolute atomic E-state index is 0.113. The van der Waals surface area contributed by atoms with Gasteiger partial charge < -0.3 is 20.1 Å². The van der Waals surface area contributed by atoms with Crippen molar-refractivity contribution in [1.29, 1.82) is 0 Å². The Morgan fingerprint density at radius 3 is 2.82 bits per heavy atom. The number of hydrogen-bond acceptors (Lipinski definition) is 4. The second-order valence-corrected chi connectivity index (χ2v) is 7.59. The zero-order valence-corrected chi connectivity index (χ0v) is 16.1. The monoisotopic (exact) mass is 377 g/mol. The van der Waals surface area contributed by atoms with Crippen LogP contribution < -0.4 is 5.73 Å². The molecular formula is C23H27N3O2. The molecule has 5 nitrogen and oxygen atoms in total. The lowest BCUT2D eigenvalue weighted by Crippen LogP contribution is -2.31. The quantitative estimate of drug-likeness (QED) is 0.726. The van der Waals surface area contributed by atoms with Crippen molar-refractivity contribution < 1.29 is 9.84 Å². The fourth-order valence-electron chi connectivity index (χ4n) is 3.55. The van der Waals surface area contributed by atoms with Crippen LogP contribution in [0, 0.1) is 0 Å². The van der Waals surface area contributed by atoms with Gasteiger partial charge in [0.25, 0.3) is 0 Å². The van der Waals surface area contributed by atoms with Gasteiger partial charge in [-0.05, 0) is 30.6 Å². The summed E-state index contributed by atoms with van der Waals surface area (Å²) in [5, 5.41) is 9.82. The average molecular weight is 377 g/mol. The van der Waals surface area contributed by atoms with E-state index in [9.17, 15) is 5.11 Å². The smallest absolute Gasteiger partial charge is 0.137 e. The molecule has 0 spiro atoms. The zero-order chi connectivity index (χ0) is 19.6. The van der Waals surface area contributed by atoms with Crippen LogP contribution in [0.5, 0.6) is 0 Å². The number of rotatable bonds is 7. The topological polar surface area (TPSA) is 73.3 Å². The Morgan fingerprint density at radius 1 is 1.39 bits per heavy atom. The van der Waals surface area contributed by atoms with Gasteiger partial charge in [-0.25, -0.2) is 4.98 Å². The summed E-state index contributed by atoms with van der Waals surface area (Å²) in [5.41, 5.74) is 7.92. The predicted octanol–water partition coefficient (Wildman–Crippen LogP) is 3.39. The summed E-state index contributed by atoms with van der Waals surface area (Å²) in [6, 6.07) is 10.5. The normalized spacial score (nSPS) is 27.8. The third-order valence-electron chi connectivity index (χ3n) is 5.27. The number of aliphatic hydroxyl groups excluding tert-OH is 1. The van der Waals surface area contributed by atoms with Crippen LogP contribution >= 0.6 is 0 Å². The Kier molecular flexibility index (Phi) is 5.31. The second-order valence-electron chi connectivity index (χ2n) is 7.59. The zero-order valence-electron chi connectivity index (χ0n) is 16.1. The molecule has 1 aromatic heterocycles. The molecule has 2 aliphatic carbocycles. The van der Waals surface area contributed by atoms with E-state index in [-0.39, 0.29) is 12.1 Å². The molecule has 3 N–H and O–H groups in total. The molecule has 1 aromatic carbocycles. The number of ether oxygens (including phenoxy) is 1. The fraction of sp³-hybridized carbons (Fsp3) is 0.348. The van der Waals surface area contributed by atoms with E-state index < -0.39 is 11.7 Å². The Morgan fingerprint density at radius 2 is 2.18 bits per heavy atom. The largest absolute Gasteiger partial charge is 0.385 e. The van der Waals surface area contributed by atoms with Crippen molar-refractivity contribution in [3.63, 3.8) is 0 Å². The van der Waals surface area contributed by atoms with Gasteiger partial charge in [0.2, 0.25) is 0 Å². The lowest BCUT2D eigenvalue weighted by atomic mass is 9.89. The molecule has 2 aromatic rings. The second kappa shape index (κ2) is 7.87. The Balaban J connectivity index is 1.50. The maximum absolute atomic E-state index is 9.82. The minimum atomic E-state index is -0.594. The molecule has 4 rings (SSSR count). The van der Waals surface area contributed by atoms with Gasteiger partial charge in [-0.2, -0.15) is 0 Å². The standard InChI is InChI=1S/C23H27N3O2/c1-17(27)22-25-13-15-26(22)14-5-10-23(28-21-16-20(21)24)11-8-19(9-12-23)18-6-3-2-4-7-18/h2-11,13,15,17,20-21,27H,12,14,16,24H2,1H3/b10-5+/t17?,20-,21-,23?/m1/s1. The maximum Gasteiger partial charge on any atom is 0.137 e. The number of aliphatic hydroxyl groups is 1. The molecule has 2 aliphatic rings. The number of imidazole rings is 1. The molecule has 146 valence electrons. The van der Waals surface area contributed by atoms with Gasteiger partial charge in [-0.15, -0.1) is 0 Å². The van der Waals surface area contributed by atoms with Crippen LogP contribution in [0.2, 0.25) is 0 Å². The number of allylic oxidation sites excluding steroid dienone is 3. The van der Waals surface area contributed by atoms with Crippen molar-refractivity contribution in [3.8, 4) is 0 Å². The number of nitrogens with zero attached hydrogens (tertiary/aromatic N) is 2. The summed E-state index contributed by atoms with van der Waals surface area (Å²) >= 11 is 0. The maximum atomic E-state index is 9.82. The molecule has 5 heteroatoms. The third-order valence-corrected chi connectivity index (χ3v) is 5.27. The van der Waals surface area contributed by atoms with E-state index >= 15 is 0 Å². The highest BCUT2D eigenvalue weighted by Crippen LogP contribution is 2.36. The summed E-state index contributed by atoms with van der Waals surface area (Å²) in [4.78, 5) is 4.22. The number of nitrogens with two attached hydrogens (primary N) is 1. The van der Waals surface area contributed by atoms with E-state index in [4.69, 9.17) is 10.5 Å². The van der Waals surface area contributed by atoms with Crippen LogP contribution in [0.25, 0.3) is 5.57 Å². The van der Waals surface area contributed by atoms with E-state index in [1.807, 2.05) is 16.8 Å². The Bertz CT molecular complexity index is 898. The van der Waals surface area contributed by atoms with Crippen LogP contribution in [0.15, 0.2) is 73.1 Å². The van der Waals surface area contributed by atoms with Crippen LogP contribution in [0.1, 0.15) is 37.3 Å². The third kappa shape index (κ3) is 4.17. The lowest BCUT2D eigenvalue weighted by molar-refractivity contribution is 0.0134. The molecule has 0 aliphatic heterocycles. The first kappa shape index (κ1) is 18.9. The van der Waals surface area contributed by atoms with Crippen molar-refractivity contribution in [1.82, 2.24) is 9.55 Å². The molecule has 4 atom stereocenters. The number of aromatic nitrogens is 2. The van der Waals surface area contributed by atoms with Crippen molar-refractivity contribution in [2.75, 3.05) is 0 Å². The molecular weight excluding hydrogens is 350 g/mol. The van der Waals surface area contributed by atoms with Gasteiger partial charge >= 0.3 is 0 Å². The van der Waals surface area contributed by atoms with E-state index in [0.29, 0.717) is 12.4 Å². The Labute approximate surface area is 165 Å². The van der Waals surface area contributed by atoms with Crippen molar-refractivity contribution in [2.45, 2.75) is 50.2 Å². The molecule has 0 amide bonds. The van der Waals surface area contributed by atoms with Crippen LogP contribution in [-0.2, 0) is 11.3 Å². The van der Waals surface area contributed by atoms with Crippen LogP contribution in [0.4, 0.5) is 0 Å². The highest BCUT2D eigenvalue weighted by atomic mass is 16.5. The fourth-order valence-corrected chi connectivity index (χ4v) is 3.55. The SMILES string of the molecule is CC(O)c1nccn1C/C=C/C1(O[C@@H]2C[C@H]2N)C=CC(c2ccccc2)=CC1. The van der Waals surface area contributed by atoms with Gasteiger partial charge in [-0.1, -0.05) is 54.6 Å². The van der Waals surface area contributed by atoms with Crippen LogP contribution in [0.3, 0.4) is 0 Å². The summed E-state index contributed by atoms with van der Waals surface area (Å²) in [7, 11) is 0. The van der Waals surface area contributed by atoms with Crippen molar-refractivity contribution in [3.05, 3.63) is 84.5 Å². The first-order valence-corrected chi connectivity index (χ1v) is 9.81. The average Bonchev–Trinajstić information content (AvgIpc) is 3.18. The Hall–Kier alpha value is -2.47.